The third kappa shape index (κ3) is 2.73. The fraction of sp³-hybridized carbons (Fsp3) is 0.115. The Hall–Kier alpha value is -4.03. The number of carbonyl (C=O) groups is 2. The number of hydrogen-bond acceptors (Lipinski definition) is 5. The Labute approximate surface area is 184 Å². The Morgan fingerprint density at radius 3 is 2.28 bits per heavy atom. The molecule has 0 radical (unpaired) electrons. The van der Waals surface area contributed by atoms with E-state index in [1.807, 2.05) is 84.9 Å². The highest BCUT2D eigenvalue weighted by atomic mass is 16.7. The number of para-hydroxylation sites is 1. The summed E-state index contributed by atoms with van der Waals surface area (Å²) < 4.78 is 0. The van der Waals surface area contributed by atoms with Crippen LogP contribution in [0.1, 0.15) is 11.6 Å². The molecule has 0 N–H and O–H groups in total. The number of hydrogen-bond donors (Lipinski definition) is 0. The highest BCUT2D eigenvalue weighted by molar-refractivity contribution is 6.26. The standard InChI is InChI=1S/C26H19N3O3/c30-25-22-23(18-13-15-27-16-14-18)29(19-9-2-1-3-10-19)32-24(22)26(31)28(25)21-12-6-8-17-7-4-5-11-20(17)21/h1-16,22-24H/t22-,23-,24+/m0/s1. The van der Waals surface area contributed by atoms with Gasteiger partial charge in [-0.15, -0.1) is 0 Å². The number of carbonyl (C=O) groups excluding carboxylic acids is 2. The van der Waals surface area contributed by atoms with Gasteiger partial charge >= 0.3 is 0 Å². The highest BCUT2D eigenvalue weighted by Crippen LogP contribution is 2.48. The minimum atomic E-state index is -0.889. The topological polar surface area (TPSA) is 62.7 Å². The fourth-order valence-electron chi connectivity index (χ4n) is 4.75. The predicted octanol–water partition coefficient (Wildman–Crippen LogP) is 4.29. The summed E-state index contributed by atoms with van der Waals surface area (Å²) in [5.41, 5.74) is 2.26. The fourth-order valence-corrected chi connectivity index (χ4v) is 4.75. The van der Waals surface area contributed by atoms with Crippen LogP contribution < -0.4 is 9.96 Å². The molecule has 6 nitrogen and oxygen atoms in total. The van der Waals surface area contributed by atoms with E-state index in [9.17, 15) is 9.59 Å². The molecule has 156 valence electrons. The summed E-state index contributed by atoms with van der Waals surface area (Å²) in [7, 11) is 0. The van der Waals surface area contributed by atoms with Crippen molar-refractivity contribution in [2.45, 2.75) is 12.1 Å². The summed E-state index contributed by atoms with van der Waals surface area (Å²) in [6.45, 7) is 0. The van der Waals surface area contributed by atoms with Gasteiger partial charge in [0, 0.05) is 17.8 Å². The molecule has 0 bridgehead atoms. The van der Waals surface area contributed by atoms with E-state index >= 15 is 0 Å². The molecule has 3 atom stereocenters. The Morgan fingerprint density at radius 2 is 1.47 bits per heavy atom. The molecule has 0 aliphatic carbocycles. The van der Waals surface area contributed by atoms with Crippen molar-refractivity contribution >= 4 is 34.0 Å². The van der Waals surface area contributed by atoms with Crippen LogP contribution in [0.15, 0.2) is 97.3 Å². The zero-order valence-electron chi connectivity index (χ0n) is 17.0. The SMILES string of the molecule is O=C1[C@@H]2[C@@H](ON(c3ccccc3)[C@H]2c2ccncc2)C(=O)N1c1cccc2ccccc12. The Kier molecular flexibility index (Phi) is 4.26. The summed E-state index contributed by atoms with van der Waals surface area (Å²) in [5.74, 6) is -1.26. The second-order valence-electron chi connectivity index (χ2n) is 7.95. The van der Waals surface area contributed by atoms with Crippen molar-refractivity contribution < 1.29 is 14.4 Å². The van der Waals surface area contributed by atoms with E-state index in [0.717, 1.165) is 22.0 Å². The van der Waals surface area contributed by atoms with E-state index < -0.39 is 18.1 Å². The van der Waals surface area contributed by atoms with Gasteiger partial charge in [-0.2, -0.15) is 0 Å². The third-order valence-corrected chi connectivity index (χ3v) is 6.18. The second-order valence-corrected chi connectivity index (χ2v) is 7.95. The van der Waals surface area contributed by atoms with Gasteiger partial charge in [-0.1, -0.05) is 54.6 Å². The average Bonchev–Trinajstić information content (AvgIpc) is 3.36. The van der Waals surface area contributed by atoms with Crippen LogP contribution in [0.25, 0.3) is 10.8 Å². The maximum atomic E-state index is 13.8. The first kappa shape index (κ1) is 18.7. The van der Waals surface area contributed by atoms with Crippen LogP contribution in [-0.2, 0) is 14.4 Å². The molecule has 3 aromatic carbocycles. The molecule has 6 rings (SSSR count). The Morgan fingerprint density at radius 1 is 0.750 bits per heavy atom. The molecule has 2 aliphatic heterocycles. The van der Waals surface area contributed by atoms with E-state index in [4.69, 9.17) is 4.84 Å². The number of rotatable bonds is 3. The Balaban J connectivity index is 1.47. The molecule has 2 saturated heterocycles. The van der Waals surface area contributed by atoms with Gasteiger partial charge in [0.25, 0.3) is 5.91 Å². The van der Waals surface area contributed by atoms with Gasteiger partial charge < -0.3 is 0 Å². The molecule has 0 spiro atoms. The lowest BCUT2D eigenvalue weighted by molar-refractivity contribution is -0.126. The summed E-state index contributed by atoms with van der Waals surface area (Å²) >= 11 is 0. The van der Waals surface area contributed by atoms with Gasteiger partial charge in [-0.3, -0.25) is 19.4 Å². The normalized spacial score (nSPS) is 22.6. The van der Waals surface area contributed by atoms with Crippen molar-refractivity contribution in [2.75, 3.05) is 9.96 Å². The minimum Gasteiger partial charge on any atom is -0.273 e. The number of nitrogens with zero attached hydrogens (tertiary/aromatic N) is 3. The highest BCUT2D eigenvalue weighted by Gasteiger charge is 2.60. The van der Waals surface area contributed by atoms with E-state index in [-0.39, 0.29) is 11.8 Å². The Bertz CT molecular complexity index is 1320. The van der Waals surface area contributed by atoms with Crippen LogP contribution in [0, 0.1) is 5.92 Å². The summed E-state index contributed by atoms with van der Waals surface area (Å²) in [4.78, 5) is 38.9. The molecular weight excluding hydrogens is 402 g/mol. The van der Waals surface area contributed by atoms with Crippen LogP contribution in [0.2, 0.25) is 0 Å². The van der Waals surface area contributed by atoms with E-state index in [2.05, 4.69) is 4.98 Å². The third-order valence-electron chi connectivity index (χ3n) is 6.18. The summed E-state index contributed by atoms with van der Waals surface area (Å²) in [6, 6.07) is 26.2. The largest absolute Gasteiger partial charge is 0.273 e. The first-order valence-corrected chi connectivity index (χ1v) is 10.5. The molecule has 6 heteroatoms. The maximum Gasteiger partial charge on any atom is 0.266 e. The van der Waals surface area contributed by atoms with Crippen molar-refractivity contribution in [3.05, 3.63) is 103 Å². The smallest absolute Gasteiger partial charge is 0.266 e. The lowest BCUT2D eigenvalue weighted by Crippen LogP contribution is -2.37. The van der Waals surface area contributed by atoms with Gasteiger partial charge in [-0.25, -0.2) is 9.96 Å². The van der Waals surface area contributed by atoms with Crippen LogP contribution in [0.4, 0.5) is 11.4 Å². The molecular formula is C26H19N3O3. The first-order chi connectivity index (χ1) is 15.7. The van der Waals surface area contributed by atoms with Crippen LogP contribution in [0.5, 0.6) is 0 Å². The van der Waals surface area contributed by atoms with Gasteiger partial charge in [0.05, 0.1) is 17.4 Å². The number of hydroxylamine groups is 1. The summed E-state index contributed by atoms with van der Waals surface area (Å²) in [6.07, 6.45) is 2.49. The molecule has 2 aliphatic rings. The van der Waals surface area contributed by atoms with E-state index in [1.165, 1.54) is 4.90 Å². The number of fused-ring (bicyclic) bond motifs is 2. The van der Waals surface area contributed by atoms with Crippen molar-refractivity contribution in [3.8, 4) is 0 Å². The van der Waals surface area contributed by atoms with Gasteiger partial charge in [0.15, 0.2) is 6.10 Å². The molecule has 3 heterocycles. The quantitative estimate of drug-likeness (QED) is 0.462. The number of pyridine rings is 1. The molecule has 32 heavy (non-hydrogen) atoms. The zero-order valence-corrected chi connectivity index (χ0v) is 17.0. The molecule has 1 aromatic heterocycles. The maximum absolute atomic E-state index is 13.8. The number of aromatic nitrogens is 1. The molecule has 4 aromatic rings. The van der Waals surface area contributed by atoms with Gasteiger partial charge in [0.1, 0.15) is 5.92 Å². The van der Waals surface area contributed by atoms with Crippen molar-refractivity contribution in [1.82, 2.24) is 4.98 Å². The van der Waals surface area contributed by atoms with Gasteiger partial charge in [-0.05, 0) is 41.3 Å². The van der Waals surface area contributed by atoms with Gasteiger partial charge in [0.2, 0.25) is 5.91 Å². The van der Waals surface area contributed by atoms with E-state index in [1.54, 1.807) is 17.5 Å². The average molecular weight is 421 g/mol. The number of benzene rings is 3. The minimum absolute atomic E-state index is 0.253. The number of amides is 2. The van der Waals surface area contributed by atoms with Crippen LogP contribution >= 0.6 is 0 Å². The van der Waals surface area contributed by atoms with Crippen molar-refractivity contribution in [3.63, 3.8) is 0 Å². The lowest BCUT2D eigenvalue weighted by atomic mass is 9.91. The monoisotopic (exact) mass is 421 g/mol. The van der Waals surface area contributed by atoms with Crippen molar-refractivity contribution in [2.24, 2.45) is 5.92 Å². The van der Waals surface area contributed by atoms with Crippen molar-refractivity contribution in [1.29, 1.82) is 0 Å². The molecule has 0 saturated carbocycles. The van der Waals surface area contributed by atoms with Crippen LogP contribution in [-0.4, -0.2) is 22.9 Å². The predicted molar refractivity (Wildman–Crippen MR) is 121 cm³/mol. The van der Waals surface area contributed by atoms with Crippen LogP contribution in [0.3, 0.4) is 0 Å². The lowest BCUT2D eigenvalue weighted by Gasteiger charge is -2.28. The molecule has 2 fully saturated rings. The molecule has 0 unspecified atom stereocenters. The number of imide groups is 1. The number of anilines is 2. The molecule has 2 amide bonds. The first-order valence-electron chi connectivity index (χ1n) is 10.5. The van der Waals surface area contributed by atoms with E-state index in [0.29, 0.717) is 5.69 Å². The summed E-state index contributed by atoms with van der Waals surface area (Å²) in [5, 5.41) is 3.53. The zero-order chi connectivity index (χ0) is 21.7. The second kappa shape index (κ2) is 7.28.